The fourth-order valence-electron chi connectivity index (χ4n) is 0.463. The number of nitrogens with zero attached hydrogens (tertiary/aromatic N) is 1. The fraction of sp³-hybridized carbons (Fsp3) is 0.714. The summed E-state index contributed by atoms with van der Waals surface area (Å²) in [5, 5.41) is 11.6. The van der Waals surface area contributed by atoms with Crippen LogP contribution >= 0.6 is 24.0 Å². The molecular weight excluding hydrogens is 194 g/mol. The first-order valence-corrected chi connectivity index (χ1v) is 4.92. The summed E-state index contributed by atoms with van der Waals surface area (Å²) in [7, 11) is 0. The Hall–Kier alpha value is -0.290. The Labute approximate surface area is 82.2 Å². The minimum atomic E-state index is 0.0639. The van der Waals surface area contributed by atoms with E-state index in [4.69, 9.17) is 22.2 Å². The van der Waals surface area contributed by atoms with Gasteiger partial charge < -0.3 is 9.94 Å². The van der Waals surface area contributed by atoms with Crippen molar-refractivity contribution in [2.24, 2.45) is 5.16 Å². The lowest BCUT2D eigenvalue weighted by atomic mass is 10.3. The maximum Gasteiger partial charge on any atom is 0.220 e. The number of thiocarbonyl (C=S) groups is 1. The molecule has 70 valence electrons. The minimum Gasteiger partial charge on any atom is -0.479 e. The number of hydrogen-bond donors (Lipinski definition) is 1. The normalized spacial score (nSPS) is 14.1. The summed E-state index contributed by atoms with van der Waals surface area (Å²) < 4.78 is 5.56. The van der Waals surface area contributed by atoms with Gasteiger partial charge in [0.15, 0.2) is 0 Å². The van der Waals surface area contributed by atoms with E-state index in [1.165, 1.54) is 11.8 Å². The second kappa shape index (κ2) is 6.25. The van der Waals surface area contributed by atoms with Crippen molar-refractivity contribution in [1.29, 1.82) is 0 Å². The molecule has 0 amide bonds. The lowest BCUT2D eigenvalue weighted by Gasteiger charge is -2.09. The molecule has 0 aromatic heterocycles. The van der Waals surface area contributed by atoms with Crippen molar-refractivity contribution in [3.63, 3.8) is 0 Å². The van der Waals surface area contributed by atoms with Crippen LogP contribution in [0.4, 0.5) is 0 Å². The molecule has 0 spiro atoms. The predicted octanol–water partition coefficient (Wildman–Crippen LogP) is 2.28. The van der Waals surface area contributed by atoms with Gasteiger partial charge in [-0.15, -0.1) is 0 Å². The average Bonchev–Trinajstić information content (AvgIpc) is 2.03. The van der Waals surface area contributed by atoms with Crippen LogP contribution < -0.4 is 0 Å². The highest BCUT2D eigenvalue weighted by molar-refractivity contribution is 8.23. The van der Waals surface area contributed by atoms with Crippen LogP contribution in [0.5, 0.6) is 0 Å². The van der Waals surface area contributed by atoms with Crippen molar-refractivity contribution in [3.8, 4) is 0 Å². The number of hydrogen-bond acceptors (Lipinski definition) is 5. The van der Waals surface area contributed by atoms with E-state index >= 15 is 0 Å². The Morgan fingerprint density at radius 3 is 2.75 bits per heavy atom. The summed E-state index contributed by atoms with van der Waals surface area (Å²) in [5.41, 5.74) is 0.641. The van der Waals surface area contributed by atoms with Crippen molar-refractivity contribution in [3.05, 3.63) is 0 Å². The molecule has 1 N–H and O–H groups in total. The lowest BCUT2D eigenvalue weighted by Crippen LogP contribution is -2.12. The van der Waals surface area contributed by atoms with Gasteiger partial charge in [-0.25, -0.2) is 0 Å². The van der Waals surface area contributed by atoms with Gasteiger partial charge in [0.25, 0.3) is 0 Å². The van der Waals surface area contributed by atoms with Gasteiger partial charge in [-0.3, -0.25) is 0 Å². The van der Waals surface area contributed by atoms with E-state index < -0.39 is 0 Å². The zero-order chi connectivity index (χ0) is 9.56. The van der Waals surface area contributed by atoms with Crippen molar-refractivity contribution in [1.82, 2.24) is 0 Å². The Bertz CT molecular complexity index is 182. The van der Waals surface area contributed by atoms with Gasteiger partial charge in [0.05, 0.1) is 17.6 Å². The average molecular weight is 207 g/mol. The third-order valence-electron chi connectivity index (χ3n) is 1.28. The number of thioether (sulfide) groups is 1. The maximum absolute atomic E-state index is 8.44. The van der Waals surface area contributed by atoms with E-state index in [-0.39, 0.29) is 5.25 Å². The zero-order valence-electron chi connectivity index (χ0n) is 7.40. The zero-order valence-corrected chi connectivity index (χ0v) is 9.04. The van der Waals surface area contributed by atoms with E-state index in [1.807, 2.05) is 13.8 Å². The van der Waals surface area contributed by atoms with Crippen LogP contribution in [0, 0.1) is 0 Å². The second-order valence-electron chi connectivity index (χ2n) is 2.18. The Kier molecular flexibility index (Phi) is 6.10. The molecule has 0 aromatic carbocycles. The third kappa shape index (κ3) is 4.56. The molecule has 5 heteroatoms. The van der Waals surface area contributed by atoms with E-state index in [9.17, 15) is 0 Å². The van der Waals surface area contributed by atoms with Gasteiger partial charge in [0, 0.05) is 0 Å². The SMILES string of the molecule is CCOC(=S)SC(C)/C(C)=N/O. The largest absolute Gasteiger partial charge is 0.479 e. The Morgan fingerprint density at radius 1 is 1.75 bits per heavy atom. The molecule has 3 nitrogen and oxygen atoms in total. The summed E-state index contributed by atoms with van der Waals surface area (Å²) in [6.07, 6.45) is 0. The highest BCUT2D eigenvalue weighted by atomic mass is 32.2. The van der Waals surface area contributed by atoms with Crippen molar-refractivity contribution < 1.29 is 9.94 Å². The standard InChI is InChI=1S/C7H13NO2S2/c1-4-10-7(11)12-6(3)5(2)8-9/h6,9H,4H2,1-3H3/b8-5+. The number of rotatable bonds is 3. The summed E-state index contributed by atoms with van der Waals surface area (Å²) in [6, 6.07) is 0. The Balaban J connectivity index is 3.84. The lowest BCUT2D eigenvalue weighted by molar-refractivity contribution is 0.317. The molecule has 0 aliphatic rings. The maximum atomic E-state index is 8.44. The van der Waals surface area contributed by atoms with Gasteiger partial charge in [0.1, 0.15) is 0 Å². The van der Waals surface area contributed by atoms with Crippen molar-refractivity contribution >= 4 is 34.1 Å². The monoisotopic (exact) mass is 207 g/mol. The van der Waals surface area contributed by atoms with Crippen molar-refractivity contribution in [2.45, 2.75) is 26.0 Å². The topological polar surface area (TPSA) is 41.8 Å². The second-order valence-corrected chi connectivity index (χ2v) is 4.13. The molecule has 0 aliphatic carbocycles. The van der Waals surface area contributed by atoms with E-state index in [0.717, 1.165) is 0 Å². The minimum absolute atomic E-state index is 0.0639. The number of oxime groups is 1. The summed E-state index contributed by atoms with van der Waals surface area (Å²) in [6.45, 7) is 6.11. The molecule has 1 atom stereocenters. The third-order valence-corrected chi connectivity index (χ3v) is 2.69. The highest BCUT2D eigenvalue weighted by Gasteiger charge is 2.10. The van der Waals surface area contributed by atoms with Gasteiger partial charge in [-0.05, 0) is 33.0 Å². The molecule has 0 radical (unpaired) electrons. The first kappa shape index (κ1) is 11.7. The van der Waals surface area contributed by atoms with E-state index in [1.54, 1.807) is 6.92 Å². The highest BCUT2D eigenvalue weighted by Crippen LogP contribution is 2.15. The molecule has 0 aromatic rings. The van der Waals surface area contributed by atoms with Crippen molar-refractivity contribution in [2.75, 3.05) is 6.61 Å². The summed E-state index contributed by atoms with van der Waals surface area (Å²) in [4.78, 5) is 0. The first-order chi connectivity index (χ1) is 5.61. The van der Waals surface area contributed by atoms with Gasteiger partial charge in [-0.1, -0.05) is 16.9 Å². The van der Waals surface area contributed by atoms with Crippen LogP contribution in [0.25, 0.3) is 0 Å². The molecule has 1 unspecified atom stereocenters. The van der Waals surface area contributed by atoms with Crippen LogP contribution in [0.2, 0.25) is 0 Å². The first-order valence-electron chi connectivity index (χ1n) is 3.63. The van der Waals surface area contributed by atoms with Crippen LogP contribution in [-0.4, -0.2) is 27.2 Å². The molecule has 12 heavy (non-hydrogen) atoms. The predicted molar refractivity (Wildman–Crippen MR) is 56.2 cm³/mol. The molecule has 0 aliphatic heterocycles. The smallest absolute Gasteiger partial charge is 0.220 e. The molecule has 0 heterocycles. The van der Waals surface area contributed by atoms with Crippen LogP contribution in [0.15, 0.2) is 5.16 Å². The molecule has 0 saturated heterocycles. The van der Waals surface area contributed by atoms with Crippen LogP contribution in [0.1, 0.15) is 20.8 Å². The molecule has 0 rings (SSSR count). The van der Waals surface area contributed by atoms with Gasteiger partial charge in [0.2, 0.25) is 4.38 Å². The Morgan fingerprint density at radius 2 is 2.33 bits per heavy atom. The summed E-state index contributed by atoms with van der Waals surface area (Å²) in [5.74, 6) is 0. The van der Waals surface area contributed by atoms with Gasteiger partial charge in [-0.2, -0.15) is 0 Å². The van der Waals surface area contributed by atoms with E-state index in [0.29, 0.717) is 16.7 Å². The van der Waals surface area contributed by atoms with E-state index in [2.05, 4.69) is 5.16 Å². The van der Waals surface area contributed by atoms with Gasteiger partial charge >= 0.3 is 0 Å². The molecule has 0 bridgehead atoms. The van der Waals surface area contributed by atoms with Crippen LogP contribution in [-0.2, 0) is 4.74 Å². The molecule has 0 saturated carbocycles. The number of ether oxygens (including phenoxy) is 1. The fourth-order valence-corrected chi connectivity index (χ4v) is 1.71. The quantitative estimate of drug-likeness (QED) is 0.334. The molecule has 0 fully saturated rings. The molecular formula is C7H13NO2S2. The van der Waals surface area contributed by atoms with Crippen LogP contribution in [0.3, 0.4) is 0 Å². The summed E-state index contributed by atoms with van der Waals surface area (Å²) >= 11 is 6.28.